The van der Waals surface area contributed by atoms with Crippen molar-refractivity contribution in [3.05, 3.63) is 29.8 Å². The summed E-state index contributed by atoms with van der Waals surface area (Å²) in [4.78, 5) is 14.1. The number of carbonyl (C=O) groups excluding carboxylic acids is 1. The summed E-state index contributed by atoms with van der Waals surface area (Å²) >= 11 is 0. The van der Waals surface area contributed by atoms with Crippen molar-refractivity contribution in [2.75, 3.05) is 18.0 Å². The number of anilines is 1. The Kier molecular flexibility index (Phi) is 2.40. The molecule has 2 heterocycles. The summed E-state index contributed by atoms with van der Waals surface area (Å²) in [7, 11) is 0. The molecule has 84 valence electrons. The Balaban J connectivity index is 1.99. The maximum Gasteiger partial charge on any atom is 0.227 e. The van der Waals surface area contributed by atoms with Crippen LogP contribution in [0.1, 0.15) is 18.4 Å². The van der Waals surface area contributed by atoms with Gasteiger partial charge in [-0.3, -0.25) is 4.79 Å². The first-order chi connectivity index (χ1) is 7.86. The van der Waals surface area contributed by atoms with Gasteiger partial charge in [-0.05, 0) is 31.0 Å². The van der Waals surface area contributed by atoms with Crippen molar-refractivity contribution in [1.29, 1.82) is 0 Å². The number of aryl methyl sites for hydroxylation is 1. The number of fused-ring (bicyclic) bond motifs is 1. The summed E-state index contributed by atoms with van der Waals surface area (Å²) < 4.78 is 0. The van der Waals surface area contributed by atoms with E-state index in [0.717, 1.165) is 31.6 Å². The highest BCUT2D eigenvalue weighted by Crippen LogP contribution is 2.30. The lowest BCUT2D eigenvalue weighted by atomic mass is 9.99. The van der Waals surface area contributed by atoms with Crippen LogP contribution in [0.4, 0.5) is 5.69 Å². The van der Waals surface area contributed by atoms with Crippen molar-refractivity contribution in [3.63, 3.8) is 0 Å². The third-order valence-electron chi connectivity index (χ3n) is 3.53. The first kappa shape index (κ1) is 9.85. The molecule has 2 aliphatic rings. The standard InChI is InChI=1S/C13H16N2O/c16-13-6-5-10-3-1-2-4-12(10)15(13)11-7-8-14-9-11/h1-4,11,14H,5-9H2/t11-/m0/s1. The van der Waals surface area contributed by atoms with E-state index < -0.39 is 0 Å². The van der Waals surface area contributed by atoms with Crippen molar-refractivity contribution in [3.8, 4) is 0 Å². The Morgan fingerprint density at radius 1 is 1.25 bits per heavy atom. The Morgan fingerprint density at radius 3 is 2.94 bits per heavy atom. The fraction of sp³-hybridized carbons (Fsp3) is 0.462. The largest absolute Gasteiger partial charge is 0.315 e. The molecule has 0 bridgehead atoms. The summed E-state index contributed by atoms with van der Waals surface area (Å²) in [5.74, 6) is 0.285. The van der Waals surface area contributed by atoms with Crippen LogP contribution in [0.25, 0.3) is 0 Å². The number of hydrogen-bond donors (Lipinski definition) is 1. The molecular formula is C13H16N2O. The molecule has 0 aromatic heterocycles. The summed E-state index contributed by atoms with van der Waals surface area (Å²) in [5, 5.41) is 3.33. The SMILES string of the molecule is O=C1CCc2ccccc2N1[C@H]1CCNC1. The molecule has 0 radical (unpaired) electrons. The third-order valence-corrected chi connectivity index (χ3v) is 3.53. The van der Waals surface area contributed by atoms with Gasteiger partial charge in [0.2, 0.25) is 5.91 Å². The minimum absolute atomic E-state index is 0.285. The van der Waals surface area contributed by atoms with Crippen molar-refractivity contribution in [1.82, 2.24) is 5.32 Å². The highest BCUT2D eigenvalue weighted by atomic mass is 16.2. The topological polar surface area (TPSA) is 32.3 Å². The molecule has 1 saturated heterocycles. The molecule has 1 atom stereocenters. The van der Waals surface area contributed by atoms with Gasteiger partial charge < -0.3 is 10.2 Å². The maximum atomic E-state index is 12.0. The molecule has 3 rings (SSSR count). The number of carbonyl (C=O) groups is 1. The Hall–Kier alpha value is -1.35. The number of nitrogens with zero attached hydrogens (tertiary/aromatic N) is 1. The van der Waals surface area contributed by atoms with E-state index in [1.54, 1.807) is 0 Å². The predicted molar refractivity (Wildman–Crippen MR) is 63.5 cm³/mol. The number of nitrogens with one attached hydrogen (secondary N) is 1. The Bertz CT molecular complexity index is 410. The molecule has 0 aliphatic carbocycles. The van der Waals surface area contributed by atoms with E-state index >= 15 is 0 Å². The first-order valence-electron chi connectivity index (χ1n) is 5.97. The molecule has 1 aromatic carbocycles. The monoisotopic (exact) mass is 216 g/mol. The van der Waals surface area contributed by atoms with Gasteiger partial charge in [0.25, 0.3) is 0 Å². The van der Waals surface area contributed by atoms with Gasteiger partial charge in [-0.2, -0.15) is 0 Å². The number of rotatable bonds is 1. The van der Waals surface area contributed by atoms with Gasteiger partial charge in [-0.1, -0.05) is 18.2 Å². The van der Waals surface area contributed by atoms with E-state index in [4.69, 9.17) is 0 Å². The highest BCUT2D eigenvalue weighted by molar-refractivity contribution is 5.97. The number of hydrogen-bond acceptors (Lipinski definition) is 2. The van der Waals surface area contributed by atoms with Crippen LogP contribution in [-0.4, -0.2) is 25.0 Å². The fourth-order valence-electron chi connectivity index (χ4n) is 2.71. The molecule has 0 unspecified atom stereocenters. The second-order valence-electron chi connectivity index (χ2n) is 4.54. The minimum Gasteiger partial charge on any atom is -0.315 e. The summed E-state index contributed by atoms with van der Waals surface area (Å²) in [6, 6.07) is 8.64. The second kappa shape index (κ2) is 3.91. The van der Waals surface area contributed by atoms with Crippen LogP contribution in [-0.2, 0) is 11.2 Å². The van der Waals surface area contributed by atoms with Crippen LogP contribution >= 0.6 is 0 Å². The molecule has 16 heavy (non-hydrogen) atoms. The molecule has 1 N–H and O–H groups in total. The van der Waals surface area contributed by atoms with Crippen molar-refractivity contribution in [2.45, 2.75) is 25.3 Å². The molecule has 1 aromatic rings. The summed E-state index contributed by atoms with van der Waals surface area (Å²) in [5.41, 5.74) is 2.45. The molecule has 0 saturated carbocycles. The average Bonchev–Trinajstić information content (AvgIpc) is 2.82. The van der Waals surface area contributed by atoms with Crippen LogP contribution in [0.3, 0.4) is 0 Å². The van der Waals surface area contributed by atoms with Gasteiger partial charge >= 0.3 is 0 Å². The van der Waals surface area contributed by atoms with E-state index in [-0.39, 0.29) is 5.91 Å². The zero-order valence-electron chi connectivity index (χ0n) is 9.28. The lowest BCUT2D eigenvalue weighted by Crippen LogP contribution is -2.44. The number of benzene rings is 1. The summed E-state index contributed by atoms with van der Waals surface area (Å²) in [6.45, 7) is 1.96. The van der Waals surface area contributed by atoms with Gasteiger partial charge in [-0.15, -0.1) is 0 Å². The number of para-hydroxylation sites is 1. The molecule has 0 spiro atoms. The first-order valence-corrected chi connectivity index (χ1v) is 5.97. The van der Waals surface area contributed by atoms with Crippen LogP contribution in [0, 0.1) is 0 Å². The molecule has 3 heteroatoms. The van der Waals surface area contributed by atoms with Gasteiger partial charge in [-0.25, -0.2) is 0 Å². The van der Waals surface area contributed by atoms with Crippen LogP contribution in [0.2, 0.25) is 0 Å². The lowest BCUT2D eigenvalue weighted by molar-refractivity contribution is -0.119. The van der Waals surface area contributed by atoms with Crippen molar-refractivity contribution in [2.24, 2.45) is 0 Å². The normalized spacial score (nSPS) is 24.6. The van der Waals surface area contributed by atoms with Gasteiger partial charge in [0.05, 0.1) is 6.04 Å². The summed E-state index contributed by atoms with van der Waals surface area (Å²) in [6.07, 6.45) is 2.62. The Labute approximate surface area is 95.4 Å². The van der Waals surface area contributed by atoms with E-state index in [1.165, 1.54) is 5.56 Å². The van der Waals surface area contributed by atoms with E-state index in [0.29, 0.717) is 12.5 Å². The average molecular weight is 216 g/mol. The molecule has 1 amide bonds. The van der Waals surface area contributed by atoms with Crippen LogP contribution < -0.4 is 10.2 Å². The van der Waals surface area contributed by atoms with Gasteiger partial charge in [0, 0.05) is 18.7 Å². The zero-order chi connectivity index (χ0) is 11.0. The van der Waals surface area contributed by atoms with Gasteiger partial charge in [0.1, 0.15) is 0 Å². The molecular weight excluding hydrogens is 200 g/mol. The van der Waals surface area contributed by atoms with Gasteiger partial charge in [0.15, 0.2) is 0 Å². The predicted octanol–water partition coefficient (Wildman–Crippen LogP) is 1.33. The van der Waals surface area contributed by atoms with E-state index in [1.807, 2.05) is 11.0 Å². The molecule has 2 aliphatic heterocycles. The quantitative estimate of drug-likeness (QED) is 0.768. The van der Waals surface area contributed by atoms with Crippen molar-refractivity contribution < 1.29 is 4.79 Å². The highest BCUT2D eigenvalue weighted by Gasteiger charge is 2.31. The minimum atomic E-state index is 0.285. The Morgan fingerprint density at radius 2 is 2.12 bits per heavy atom. The van der Waals surface area contributed by atoms with E-state index in [2.05, 4.69) is 23.5 Å². The fourth-order valence-corrected chi connectivity index (χ4v) is 2.71. The molecule has 3 nitrogen and oxygen atoms in total. The van der Waals surface area contributed by atoms with Crippen LogP contribution in [0.15, 0.2) is 24.3 Å². The number of amides is 1. The maximum absolute atomic E-state index is 12.0. The second-order valence-corrected chi connectivity index (χ2v) is 4.54. The zero-order valence-corrected chi connectivity index (χ0v) is 9.28. The van der Waals surface area contributed by atoms with E-state index in [9.17, 15) is 4.79 Å². The molecule has 1 fully saturated rings. The lowest BCUT2D eigenvalue weighted by Gasteiger charge is -2.33. The smallest absolute Gasteiger partial charge is 0.227 e. The van der Waals surface area contributed by atoms with Crippen molar-refractivity contribution >= 4 is 11.6 Å². The third kappa shape index (κ3) is 1.52. The van der Waals surface area contributed by atoms with Crippen LogP contribution in [0.5, 0.6) is 0 Å².